The summed E-state index contributed by atoms with van der Waals surface area (Å²) in [4.78, 5) is 0. The predicted octanol–water partition coefficient (Wildman–Crippen LogP) is 4.58. The Morgan fingerprint density at radius 3 is 2.85 bits per heavy atom. The first-order valence-electron chi connectivity index (χ1n) is 8.35. The lowest BCUT2D eigenvalue weighted by atomic mass is 9.82. The molecule has 0 aliphatic carbocycles. The minimum absolute atomic E-state index is 0.213. The third-order valence-electron chi connectivity index (χ3n) is 4.77. The van der Waals surface area contributed by atoms with Crippen molar-refractivity contribution in [1.29, 1.82) is 0 Å². The molecule has 0 aromatic heterocycles. The Hall–Kier alpha value is -0.760. The molecule has 0 aromatic carbocycles. The number of hydrogen-bond donors (Lipinski definition) is 1. The van der Waals surface area contributed by atoms with Crippen LogP contribution in [0.25, 0.3) is 0 Å². The highest BCUT2D eigenvalue weighted by atomic mass is 16.5. The fourth-order valence-corrected chi connectivity index (χ4v) is 3.30. The van der Waals surface area contributed by atoms with Crippen LogP contribution in [0.2, 0.25) is 0 Å². The van der Waals surface area contributed by atoms with Crippen LogP contribution in [0.5, 0.6) is 0 Å². The van der Waals surface area contributed by atoms with Crippen molar-refractivity contribution >= 4 is 0 Å². The molecule has 0 aromatic rings. The molecule has 2 nitrogen and oxygen atoms in total. The summed E-state index contributed by atoms with van der Waals surface area (Å²) in [5, 5.41) is 3.74. The summed E-state index contributed by atoms with van der Waals surface area (Å²) in [6, 6.07) is 0. The van der Waals surface area contributed by atoms with E-state index in [0.717, 1.165) is 45.4 Å². The number of nitrogens with one attached hydrogen (secondary N) is 1. The van der Waals surface area contributed by atoms with Gasteiger partial charge < -0.3 is 10.1 Å². The van der Waals surface area contributed by atoms with Crippen LogP contribution in [0.15, 0.2) is 22.9 Å². The van der Waals surface area contributed by atoms with Gasteiger partial charge in [-0.25, -0.2) is 0 Å². The lowest BCUT2D eigenvalue weighted by Crippen LogP contribution is -2.29. The molecule has 0 saturated carbocycles. The first kappa shape index (κ1) is 15.6. The second-order valence-electron chi connectivity index (χ2n) is 6.78. The van der Waals surface area contributed by atoms with E-state index in [0.29, 0.717) is 0 Å². The average Bonchev–Trinajstić information content (AvgIpc) is 2.67. The van der Waals surface area contributed by atoms with E-state index in [9.17, 15) is 0 Å². The molecule has 2 rings (SSSR count). The third-order valence-corrected chi connectivity index (χ3v) is 4.77. The molecule has 0 bridgehead atoms. The number of ether oxygens (including phenoxy) is 1. The Morgan fingerprint density at radius 1 is 1.20 bits per heavy atom. The number of rotatable bonds is 1. The van der Waals surface area contributed by atoms with Gasteiger partial charge in [-0.15, -0.1) is 0 Å². The Morgan fingerprint density at radius 2 is 2.05 bits per heavy atom. The maximum Gasteiger partial charge on any atom is 0.0503 e. The van der Waals surface area contributed by atoms with Crippen molar-refractivity contribution in [1.82, 2.24) is 5.32 Å². The van der Waals surface area contributed by atoms with Crippen molar-refractivity contribution < 1.29 is 4.74 Å². The van der Waals surface area contributed by atoms with E-state index < -0.39 is 0 Å². The first-order chi connectivity index (χ1) is 9.63. The lowest BCUT2D eigenvalue weighted by Gasteiger charge is -2.31. The zero-order valence-electron chi connectivity index (χ0n) is 13.6. The van der Waals surface area contributed by atoms with Crippen molar-refractivity contribution in [2.75, 3.05) is 19.8 Å². The van der Waals surface area contributed by atoms with Crippen LogP contribution in [-0.4, -0.2) is 19.8 Å². The molecule has 0 saturated heterocycles. The van der Waals surface area contributed by atoms with E-state index in [1.807, 2.05) is 0 Å². The lowest BCUT2D eigenvalue weighted by molar-refractivity contribution is 0.112. The molecule has 0 fully saturated rings. The van der Waals surface area contributed by atoms with E-state index in [4.69, 9.17) is 4.74 Å². The summed E-state index contributed by atoms with van der Waals surface area (Å²) >= 11 is 0. The topological polar surface area (TPSA) is 21.3 Å². The van der Waals surface area contributed by atoms with E-state index >= 15 is 0 Å². The average molecular weight is 277 g/mol. The smallest absolute Gasteiger partial charge is 0.0503 e. The summed E-state index contributed by atoms with van der Waals surface area (Å²) in [5.41, 5.74) is 4.91. The van der Waals surface area contributed by atoms with Crippen LogP contribution < -0.4 is 5.32 Å². The van der Waals surface area contributed by atoms with Gasteiger partial charge in [-0.1, -0.05) is 32.4 Å². The highest BCUT2D eigenvalue weighted by molar-refractivity contribution is 5.24. The van der Waals surface area contributed by atoms with Crippen LogP contribution in [0.4, 0.5) is 0 Å². The van der Waals surface area contributed by atoms with E-state index in [-0.39, 0.29) is 5.41 Å². The standard InChI is InChI=1S/C18H31NO/c1-4-15-8-9-16-7-5-6-12-19-17(16)18(2,3)11-14-20-13-10-15/h8,19H,4-7,9-14H2,1-3H3/b15-8+. The van der Waals surface area contributed by atoms with Gasteiger partial charge in [-0.3, -0.25) is 0 Å². The van der Waals surface area contributed by atoms with Gasteiger partial charge in [0.05, 0.1) is 6.61 Å². The molecule has 0 unspecified atom stereocenters. The van der Waals surface area contributed by atoms with Crippen LogP contribution in [0.1, 0.15) is 65.7 Å². The molecule has 114 valence electrons. The molecule has 0 spiro atoms. The predicted molar refractivity (Wildman–Crippen MR) is 85.7 cm³/mol. The monoisotopic (exact) mass is 277 g/mol. The summed E-state index contributed by atoms with van der Waals surface area (Å²) in [7, 11) is 0. The zero-order chi connectivity index (χ0) is 14.4. The van der Waals surface area contributed by atoms with Crippen molar-refractivity contribution in [3.63, 3.8) is 0 Å². The minimum Gasteiger partial charge on any atom is -0.388 e. The Labute approximate surface area is 124 Å². The molecule has 2 heteroatoms. The van der Waals surface area contributed by atoms with Crippen molar-refractivity contribution in [3.05, 3.63) is 22.9 Å². The second kappa shape index (κ2) is 7.31. The van der Waals surface area contributed by atoms with Crippen LogP contribution in [0.3, 0.4) is 0 Å². The minimum atomic E-state index is 0.213. The largest absolute Gasteiger partial charge is 0.388 e. The fraction of sp³-hybridized carbons (Fsp3) is 0.778. The first-order valence-corrected chi connectivity index (χ1v) is 8.35. The van der Waals surface area contributed by atoms with Gasteiger partial charge in [-0.2, -0.15) is 0 Å². The molecule has 2 aliphatic rings. The van der Waals surface area contributed by atoms with Gasteiger partial charge in [0.25, 0.3) is 0 Å². The molecular weight excluding hydrogens is 246 g/mol. The van der Waals surface area contributed by atoms with Crippen LogP contribution >= 0.6 is 0 Å². The summed E-state index contributed by atoms with van der Waals surface area (Å²) < 4.78 is 5.85. The molecule has 0 atom stereocenters. The summed E-state index contributed by atoms with van der Waals surface area (Å²) in [6.45, 7) is 9.89. The van der Waals surface area contributed by atoms with Crippen molar-refractivity contribution in [2.24, 2.45) is 5.41 Å². The summed E-state index contributed by atoms with van der Waals surface area (Å²) in [5.74, 6) is 0. The molecular formula is C18H31NO. The SMILES string of the molecule is CC/C1=C\CC2=C(NCCCC2)C(C)(C)CCOCC1. The Bertz CT molecular complexity index is 379. The quantitative estimate of drug-likeness (QED) is 0.708. The van der Waals surface area contributed by atoms with Crippen LogP contribution in [-0.2, 0) is 4.74 Å². The number of allylic oxidation sites excluding steroid dienone is 3. The maximum atomic E-state index is 5.85. The molecule has 2 aliphatic heterocycles. The van der Waals surface area contributed by atoms with Gasteiger partial charge >= 0.3 is 0 Å². The normalized spacial score (nSPS) is 27.4. The van der Waals surface area contributed by atoms with Gasteiger partial charge in [0, 0.05) is 24.3 Å². The van der Waals surface area contributed by atoms with E-state index in [1.54, 1.807) is 11.1 Å². The Kier molecular flexibility index (Phi) is 5.71. The third kappa shape index (κ3) is 4.12. The van der Waals surface area contributed by atoms with Gasteiger partial charge in [0.1, 0.15) is 0 Å². The molecule has 0 amide bonds. The second-order valence-corrected chi connectivity index (χ2v) is 6.78. The van der Waals surface area contributed by atoms with E-state index in [1.165, 1.54) is 25.0 Å². The van der Waals surface area contributed by atoms with Gasteiger partial charge in [0.2, 0.25) is 0 Å². The van der Waals surface area contributed by atoms with E-state index in [2.05, 4.69) is 32.2 Å². The molecule has 2 heterocycles. The van der Waals surface area contributed by atoms with Crippen LogP contribution in [0, 0.1) is 5.41 Å². The number of hydrogen-bond acceptors (Lipinski definition) is 2. The zero-order valence-corrected chi connectivity index (χ0v) is 13.6. The fourth-order valence-electron chi connectivity index (χ4n) is 3.30. The summed E-state index contributed by atoms with van der Waals surface area (Å²) in [6.07, 6.45) is 10.9. The van der Waals surface area contributed by atoms with Crippen molar-refractivity contribution in [3.8, 4) is 0 Å². The van der Waals surface area contributed by atoms with Gasteiger partial charge in [-0.05, 0) is 50.5 Å². The highest BCUT2D eigenvalue weighted by Crippen LogP contribution is 2.35. The molecule has 20 heavy (non-hydrogen) atoms. The van der Waals surface area contributed by atoms with Crippen molar-refractivity contribution in [2.45, 2.75) is 65.7 Å². The highest BCUT2D eigenvalue weighted by Gasteiger charge is 2.27. The molecule has 0 radical (unpaired) electrons. The maximum absolute atomic E-state index is 5.85. The van der Waals surface area contributed by atoms with Gasteiger partial charge in [0.15, 0.2) is 0 Å². The Balaban J connectivity index is 2.28. The molecule has 1 N–H and O–H groups in total.